The summed E-state index contributed by atoms with van der Waals surface area (Å²) >= 11 is 5.77. The highest BCUT2D eigenvalue weighted by Gasteiger charge is 2.16. The van der Waals surface area contributed by atoms with Crippen LogP contribution >= 0.6 is 11.6 Å². The number of nitriles is 1. The molecule has 5 heteroatoms. The van der Waals surface area contributed by atoms with Crippen molar-refractivity contribution in [3.8, 4) is 6.07 Å². The minimum Gasteiger partial charge on any atom is -0.365 e. The number of aromatic nitrogens is 1. The topological polar surface area (TPSA) is 48.7 Å². The Balaban J connectivity index is 3.00. The summed E-state index contributed by atoms with van der Waals surface area (Å²) in [5.41, 5.74) is 0.0484. The van der Waals surface area contributed by atoms with Crippen LogP contribution in [0.1, 0.15) is 32.8 Å². The van der Waals surface area contributed by atoms with Gasteiger partial charge in [-0.15, -0.1) is 0 Å². The molecule has 0 unspecified atom stereocenters. The first-order chi connectivity index (χ1) is 7.99. The van der Waals surface area contributed by atoms with E-state index >= 15 is 0 Å². The molecule has 0 saturated carbocycles. The largest absolute Gasteiger partial charge is 0.365 e. The molecule has 0 saturated heterocycles. The average molecular weight is 256 g/mol. The van der Waals surface area contributed by atoms with E-state index in [2.05, 4.69) is 10.3 Å². The summed E-state index contributed by atoms with van der Waals surface area (Å²) in [5.74, 6) is -0.0878. The van der Waals surface area contributed by atoms with Crippen molar-refractivity contribution >= 4 is 17.4 Å². The zero-order valence-corrected chi connectivity index (χ0v) is 10.8. The fraction of sp³-hybridized carbons (Fsp3) is 0.500. The van der Waals surface area contributed by atoms with Gasteiger partial charge in [0, 0.05) is 6.04 Å². The Labute approximate surface area is 106 Å². The third-order valence-corrected chi connectivity index (χ3v) is 2.90. The summed E-state index contributed by atoms with van der Waals surface area (Å²) in [6, 6.07) is 3.02. The molecular weight excluding hydrogens is 241 g/mol. The summed E-state index contributed by atoms with van der Waals surface area (Å²) in [5, 5.41) is 11.7. The van der Waals surface area contributed by atoms with Crippen LogP contribution in [0.2, 0.25) is 5.15 Å². The molecule has 1 heterocycles. The fourth-order valence-electron chi connectivity index (χ4n) is 1.56. The maximum Gasteiger partial charge on any atom is 0.166 e. The van der Waals surface area contributed by atoms with Gasteiger partial charge in [0.25, 0.3) is 0 Å². The zero-order valence-electron chi connectivity index (χ0n) is 10.1. The summed E-state index contributed by atoms with van der Waals surface area (Å²) in [6.45, 7) is 6.11. The first-order valence-corrected chi connectivity index (χ1v) is 5.90. The van der Waals surface area contributed by atoms with E-state index in [1.165, 1.54) is 0 Å². The first kappa shape index (κ1) is 13.7. The average Bonchev–Trinajstić information content (AvgIpc) is 2.29. The molecule has 0 spiro atoms. The van der Waals surface area contributed by atoms with Crippen molar-refractivity contribution in [3.05, 3.63) is 22.6 Å². The number of nitrogens with one attached hydrogen (secondary N) is 1. The highest BCUT2D eigenvalue weighted by Crippen LogP contribution is 2.22. The van der Waals surface area contributed by atoms with Crippen LogP contribution in [-0.2, 0) is 0 Å². The number of nitrogens with zero attached hydrogens (tertiary/aromatic N) is 2. The monoisotopic (exact) mass is 255 g/mol. The third kappa shape index (κ3) is 3.31. The molecule has 1 N–H and O–H groups in total. The number of halogens is 2. The van der Waals surface area contributed by atoms with E-state index in [-0.39, 0.29) is 22.6 Å². The van der Waals surface area contributed by atoms with Gasteiger partial charge in [0.05, 0.1) is 5.56 Å². The van der Waals surface area contributed by atoms with Crippen molar-refractivity contribution in [3.63, 3.8) is 0 Å². The minimum atomic E-state index is -0.551. The number of anilines is 1. The second-order valence-electron chi connectivity index (χ2n) is 4.17. The first-order valence-electron chi connectivity index (χ1n) is 5.52. The Morgan fingerprint density at radius 2 is 2.24 bits per heavy atom. The van der Waals surface area contributed by atoms with E-state index < -0.39 is 5.82 Å². The Morgan fingerprint density at radius 1 is 1.59 bits per heavy atom. The third-order valence-electron chi connectivity index (χ3n) is 2.62. The van der Waals surface area contributed by atoms with Gasteiger partial charge < -0.3 is 5.32 Å². The van der Waals surface area contributed by atoms with Crippen molar-refractivity contribution < 1.29 is 4.39 Å². The van der Waals surface area contributed by atoms with Crippen molar-refractivity contribution in [2.45, 2.75) is 33.2 Å². The summed E-state index contributed by atoms with van der Waals surface area (Å²) < 4.78 is 13.6. The molecule has 1 aromatic heterocycles. The molecule has 0 aliphatic rings. The Kier molecular flexibility index (Phi) is 4.71. The quantitative estimate of drug-likeness (QED) is 0.837. The van der Waals surface area contributed by atoms with E-state index in [0.717, 1.165) is 12.5 Å². The highest BCUT2D eigenvalue weighted by molar-refractivity contribution is 6.30. The Hall–Kier alpha value is -1.34. The van der Waals surface area contributed by atoms with Crippen LogP contribution in [0.3, 0.4) is 0 Å². The fourth-order valence-corrected chi connectivity index (χ4v) is 1.74. The standard InChI is InChI=1S/C12H15ClFN3/c1-4-10(7(2)3)16-12-9(14)5-8(6-15)11(13)17-12/h5,7,10H,4H2,1-3H3,(H,16,17)/t10-/m1/s1. The van der Waals surface area contributed by atoms with Crippen LogP contribution in [0, 0.1) is 23.1 Å². The van der Waals surface area contributed by atoms with Gasteiger partial charge in [0.15, 0.2) is 11.6 Å². The minimum absolute atomic E-state index is 0.0232. The maximum atomic E-state index is 13.6. The van der Waals surface area contributed by atoms with Crippen LogP contribution in [-0.4, -0.2) is 11.0 Å². The molecule has 0 aromatic carbocycles. The molecule has 0 aliphatic carbocycles. The van der Waals surface area contributed by atoms with Crippen molar-refractivity contribution in [1.82, 2.24) is 4.98 Å². The second kappa shape index (κ2) is 5.83. The van der Waals surface area contributed by atoms with E-state index in [1.54, 1.807) is 6.07 Å². The molecule has 0 fully saturated rings. The lowest BCUT2D eigenvalue weighted by Gasteiger charge is -2.21. The Bertz CT molecular complexity index is 440. The van der Waals surface area contributed by atoms with E-state index in [9.17, 15) is 4.39 Å². The molecular formula is C12H15ClFN3. The summed E-state index contributed by atoms with van der Waals surface area (Å²) in [7, 11) is 0. The van der Waals surface area contributed by atoms with Crippen LogP contribution in [0.25, 0.3) is 0 Å². The molecule has 0 bridgehead atoms. The zero-order chi connectivity index (χ0) is 13.0. The molecule has 0 amide bonds. The molecule has 0 radical (unpaired) electrons. The number of rotatable bonds is 4. The molecule has 3 nitrogen and oxygen atoms in total. The van der Waals surface area contributed by atoms with Crippen LogP contribution < -0.4 is 5.32 Å². The van der Waals surface area contributed by atoms with E-state index in [4.69, 9.17) is 16.9 Å². The van der Waals surface area contributed by atoms with Gasteiger partial charge in [0.1, 0.15) is 11.2 Å². The molecule has 1 atom stereocenters. The van der Waals surface area contributed by atoms with Crippen LogP contribution in [0.4, 0.5) is 10.2 Å². The molecule has 1 rings (SSSR count). The second-order valence-corrected chi connectivity index (χ2v) is 4.53. The highest BCUT2D eigenvalue weighted by atomic mass is 35.5. The van der Waals surface area contributed by atoms with Gasteiger partial charge in [-0.1, -0.05) is 32.4 Å². The molecule has 92 valence electrons. The predicted molar refractivity (Wildman–Crippen MR) is 66.5 cm³/mol. The number of hydrogen-bond acceptors (Lipinski definition) is 3. The molecule has 0 aliphatic heterocycles. The molecule has 1 aromatic rings. The van der Waals surface area contributed by atoms with Gasteiger partial charge in [-0.3, -0.25) is 0 Å². The summed E-state index contributed by atoms with van der Waals surface area (Å²) in [4.78, 5) is 3.87. The van der Waals surface area contributed by atoms with Gasteiger partial charge in [-0.25, -0.2) is 9.37 Å². The Morgan fingerprint density at radius 3 is 2.71 bits per heavy atom. The SMILES string of the molecule is CC[C@@H](Nc1nc(Cl)c(C#N)cc1F)C(C)C. The maximum absolute atomic E-state index is 13.6. The lowest BCUT2D eigenvalue weighted by atomic mass is 10.0. The van der Waals surface area contributed by atoms with Crippen molar-refractivity contribution in [1.29, 1.82) is 5.26 Å². The number of pyridine rings is 1. The van der Waals surface area contributed by atoms with Gasteiger partial charge in [-0.2, -0.15) is 5.26 Å². The van der Waals surface area contributed by atoms with Gasteiger partial charge in [-0.05, 0) is 18.4 Å². The normalized spacial score (nSPS) is 12.3. The lowest BCUT2D eigenvalue weighted by molar-refractivity contribution is 0.504. The van der Waals surface area contributed by atoms with E-state index in [1.807, 2.05) is 20.8 Å². The van der Waals surface area contributed by atoms with Gasteiger partial charge >= 0.3 is 0 Å². The molecule has 17 heavy (non-hydrogen) atoms. The van der Waals surface area contributed by atoms with E-state index in [0.29, 0.717) is 5.92 Å². The van der Waals surface area contributed by atoms with Crippen molar-refractivity contribution in [2.24, 2.45) is 5.92 Å². The summed E-state index contributed by atoms with van der Waals surface area (Å²) in [6.07, 6.45) is 0.858. The van der Waals surface area contributed by atoms with Crippen LogP contribution in [0.5, 0.6) is 0 Å². The lowest BCUT2D eigenvalue weighted by Crippen LogP contribution is -2.25. The predicted octanol–water partition coefficient (Wildman–Crippen LogP) is 3.59. The van der Waals surface area contributed by atoms with Crippen LogP contribution in [0.15, 0.2) is 6.07 Å². The smallest absolute Gasteiger partial charge is 0.166 e. The number of hydrogen-bond donors (Lipinski definition) is 1. The van der Waals surface area contributed by atoms with Crippen molar-refractivity contribution in [2.75, 3.05) is 5.32 Å². The van der Waals surface area contributed by atoms with Gasteiger partial charge in [0.2, 0.25) is 0 Å².